The largest absolute Gasteiger partial charge is 0.472 e. The van der Waals surface area contributed by atoms with Gasteiger partial charge in [-0.15, -0.1) is 0 Å². The number of furan rings is 1. The van der Waals surface area contributed by atoms with E-state index in [-0.39, 0.29) is 5.91 Å². The lowest BCUT2D eigenvalue weighted by molar-refractivity contribution is 0.0197. The van der Waals surface area contributed by atoms with Gasteiger partial charge in [0.2, 0.25) is 0 Å². The van der Waals surface area contributed by atoms with Crippen molar-refractivity contribution in [3.8, 4) is 0 Å². The van der Waals surface area contributed by atoms with Crippen LogP contribution in [0, 0.1) is 5.92 Å². The number of amides is 1. The molecule has 0 atom stereocenters. The van der Waals surface area contributed by atoms with E-state index in [1.807, 2.05) is 17.2 Å². The van der Waals surface area contributed by atoms with E-state index in [2.05, 4.69) is 29.8 Å². The van der Waals surface area contributed by atoms with Gasteiger partial charge in [-0.25, -0.2) is 0 Å². The number of carbonyl (C=O) groups is 1. The smallest absolute Gasteiger partial charge is 0.257 e. The summed E-state index contributed by atoms with van der Waals surface area (Å²) < 4.78 is 5.00. The number of likely N-dealkylation sites (tertiary alicyclic amines) is 1. The van der Waals surface area contributed by atoms with E-state index in [4.69, 9.17) is 4.42 Å². The third-order valence-corrected chi connectivity index (χ3v) is 4.14. The molecule has 5 heteroatoms. The first kappa shape index (κ1) is 15.7. The number of carbonyl (C=O) groups excluding carboxylic acids is 1. The highest BCUT2D eigenvalue weighted by atomic mass is 16.3. The van der Waals surface area contributed by atoms with Crippen molar-refractivity contribution in [1.82, 2.24) is 14.8 Å². The van der Waals surface area contributed by atoms with Crippen molar-refractivity contribution in [1.29, 1.82) is 0 Å². The number of rotatable bonds is 6. The van der Waals surface area contributed by atoms with Crippen LogP contribution in [0.4, 0.5) is 0 Å². The fourth-order valence-corrected chi connectivity index (χ4v) is 2.96. The Balaban J connectivity index is 1.60. The van der Waals surface area contributed by atoms with Gasteiger partial charge < -0.3 is 9.32 Å². The van der Waals surface area contributed by atoms with Gasteiger partial charge in [-0.3, -0.25) is 14.7 Å². The van der Waals surface area contributed by atoms with Crippen LogP contribution in [0.1, 0.15) is 29.8 Å². The second-order valence-electron chi connectivity index (χ2n) is 6.56. The van der Waals surface area contributed by atoms with Gasteiger partial charge in [-0.2, -0.15) is 0 Å². The maximum Gasteiger partial charge on any atom is 0.257 e. The quantitative estimate of drug-likeness (QED) is 0.822. The zero-order valence-corrected chi connectivity index (χ0v) is 13.7. The zero-order valence-electron chi connectivity index (χ0n) is 13.7. The molecule has 1 amide bonds. The van der Waals surface area contributed by atoms with Gasteiger partial charge in [0.05, 0.1) is 11.8 Å². The molecular weight excluding hydrogens is 290 g/mol. The summed E-state index contributed by atoms with van der Waals surface area (Å²) in [7, 11) is 0. The van der Waals surface area contributed by atoms with Gasteiger partial charge in [-0.05, 0) is 23.6 Å². The average molecular weight is 313 g/mol. The van der Waals surface area contributed by atoms with Crippen LogP contribution in [0.25, 0.3) is 0 Å². The predicted molar refractivity (Wildman–Crippen MR) is 87.9 cm³/mol. The molecule has 0 N–H and O–H groups in total. The Morgan fingerprint density at radius 2 is 2.26 bits per heavy atom. The summed E-state index contributed by atoms with van der Waals surface area (Å²) in [6, 6.07) is 6.21. The number of nitrogens with zero attached hydrogens (tertiary/aromatic N) is 3. The van der Waals surface area contributed by atoms with E-state index in [0.29, 0.717) is 17.5 Å². The Morgan fingerprint density at radius 3 is 2.87 bits per heavy atom. The molecule has 0 spiro atoms. The molecule has 0 bridgehead atoms. The second-order valence-corrected chi connectivity index (χ2v) is 6.56. The monoisotopic (exact) mass is 313 g/mol. The lowest BCUT2D eigenvalue weighted by Gasteiger charge is -2.46. The van der Waals surface area contributed by atoms with Crippen molar-refractivity contribution in [3.63, 3.8) is 0 Å². The van der Waals surface area contributed by atoms with E-state index in [9.17, 15) is 4.79 Å². The van der Waals surface area contributed by atoms with Crippen molar-refractivity contribution in [2.75, 3.05) is 19.6 Å². The first-order valence-electron chi connectivity index (χ1n) is 8.08. The lowest BCUT2D eigenvalue weighted by atomic mass is 10.0. The molecular formula is C18H23N3O2. The van der Waals surface area contributed by atoms with Gasteiger partial charge in [0.15, 0.2) is 0 Å². The van der Waals surface area contributed by atoms with Gasteiger partial charge >= 0.3 is 0 Å². The van der Waals surface area contributed by atoms with E-state index in [0.717, 1.165) is 26.2 Å². The zero-order chi connectivity index (χ0) is 16.2. The van der Waals surface area contributed by atoms with Crippen LogP contribution < -0.4 is 0 Å². The van der Waals surface area contributed by atoms with E-state index >= 15 is 0 Å². The number of hydrogen-bond donors (Lipinski definition) is 0. The molecule has 3 heterocycles. The number of hydrogen-bond acceptors (Lipinski definition) is 4. The van der Waals surface area contributed by atoms with Crippen molar-refractivity contribution in [2.45, 2.75) is 26.4 Å². The van der Waals surface area contributed by atoms with Crippen molar-refractivity contribution in [3.05, 3.63) is 54.2 Å². The third kappa shape index (κ3) is 3.79. The molecule has 3 rings (SSSR count). The molecule has 5 nitrogen and oxygen atoms in total. The van der Waals surface area contributed by atoms with Crippen molar-refractivity contribution < 1.29 is 9.21 Å². The minimum absolute atomic E-state index is 0.0564. The normalized spacial score (nSPS) is 15.2. The molecule has 0 aliphatic carbocycles. The highest BCUT2D eigenvalue weighted by Gasteiger charge is 2.35. The average Bonchev–Trinajstić information content (AvgIpc) is 3.00. The molecule has 0 unspecified atom stereocenters. The molecule has 0 saturated carbocycles. The maximum absolute atomic E-state index is 12.3. The molecule has 2 aromatic heterocycles. The first-order valence-corrected chi connectivity index (χ1v) is 8.08. The van der Waals surface area contributed by atoms with Crippen LogP contribution >= 0.6 is 0 Å². The molecule has 1 fully saturated rings. The Bertz CT molecular complexity index is 619. The summed E-state index contributed by atoms with van der Waals surface area (Å²) >= 11 is 0. The molecule has 122 valence electrons. The van der Waals surface area contributed by atoms with Gasteiger partial charge in [0, 0.05) is 44.6 Å². The van der Waals surface area contributed by atoms with E-state index < -0.39 is 0 Å². The summed E-state index contributed by atoms with van der Waals surface area (Å²) in [5.74, 6) is 0.645. The Kier molecular flexibility index (Phi) is 4.76. The number of pyridine rings is 1. The SMILES string of the molecule is CC(C)CN(Cc1cccnc1)C1CN(C(=O)c2ccoc2)C1. The fraction of sp³-hybridized carbons (Fsp3) is 0.444. The lowest BCUT2D eigenvalue weighted by Crippen LogP contribution is -2.61. The van der Waals surface area contributed by atoms with Gasteiger partial charge in [0.1, 0.15) is 6.26 Å². The summed E-state index contributed by atoms with van der Waals surface area (Å²) in [5.41, 5.74) is 1.85. The molecule has 1 aliphatic rings. The Hall–Kier alpha value is -2.14. The summed E-state index contributed by atoms with van der Waals surface area (Å²) in [6.45, 7) is 7.90. The third-order valence-electron chi connectivity index (χ3n) is 4.14. The van der Waals surface area contributed by atoms with E-state index in [1.54, 1.807) is 12.3 Å². The van der Waals surface area contributed by atoms with Crippen LogP contribution in [0.2, 0.25) is 0 Å². The van der Waals surface area contributed by atoms with E-state index in [1.165, 1.54) is 18.1 Å². The molecule has 0 radical (unpaired) electrons. The second kappa shape index (κ2) is 6.96. The molecule has 23 heavy (non-hydrogen) atoms. The molecule has 1 aliphatic heterocycles. The maximum atomic E-state index is 12.3. The Morgan fingerprint density at radius 1 is 1.43 bits per heavy atom. The molecule has 2 aromatic rings. The van der Waals surface area contributed by atoms with Crippen molar-refractivity contribution in [2.24, 2.45) is 5.92 Å². The van der Waals surface area contributed by atoms with Crippen LogP contribution in [0.5, 0.6) is 0 Å². The van der Waals surface area contributed by atoms with Crippen LogP contribution in [-0.2, 0) is 6.54 Å². The van der Waals surface area contributed by atoms with Crippen LogP contribution in [0.15, 0.2) is 47.5 Å². The molecule has 1 saturated heterocycles. The van der Waals surface area contributed by atoms with Crippen LogP contribution in [0.3, 0.4) is 0 Å². The van der Waals surface area contributed by atoms with Crippen LogP contribution in [-0.4, -0.2) is 46.4 Å². The minimum atomic E-state index is 0.0564. The van der Waals surface area contributed by atoms with Gasteiger partial charge in [-0.1, -0.05) is 19.9 Å². The summed E-state index contributed by atoms with van der Waals surface area (Å²) in [4.78, 5) is 20.8. The fourth-order valence-electron chi connectivity index (χ4n) is 2.96. The topological polar surface area (TPSA) is 49.6 Å². The standard InChI is InChI=1S/C18H23N3O2/c1-14(2)9-20(10-15-4-3-6-19-8-15)17-11-21(12-17)18(22)16-5-7-23-13-16/h3-8,13-14,17H,9-12H2,1-2H3. The summed E-state index contributed by atoms with van der Waals surface area (Å²) in [6.07, 6.45) is 6.76. The Labute approximate surface area is 136 Å². The van der Waals surface area contributed by atoms with Gasteiger partial charge in [0.25, 0.3) is 5.91 Å². The highest BCUT2D eigenvalue weighted by molar-refractivity contribution is 5.94. The minimum Gasteiger partial charge on any atom is -0.472 e. The first-order chi connectivity index (χ1) is 11.1. The molecule has 0 aromatic carbocycles. The van der Waals surface area contributed by atoms with Crippen molar-refractivity contribution >= 4 is 5.91 Å². The summed E-state index contributed by atoms with van der Waals surface area (Å²) in [5, 5.41) is 0. The predicted octanol–water partition coefficient (Wildman–Crippen LogP) is 2.66. The number of aromatic nitrogens is 1. The highest BCUT2D eigenvalue weighted by Crippen LogP contribution is 2.21.